The molecule has 0 aromatic rings. The second-order valence-electron chi connectivity index (χ2n) is 10.3. The van der Waals surface area contributed by atoms with Gasteiger partial charge in [0.2, 0.25) is 5.79 Å². The van der Waals surface area contributed by atoms with Crippen LogP contribution >= 0.6 is 0 Å². The fourth-order valence-electron chi connectivity index (χ4n) is 4.77. The SMILES string of the molecule is C=C1C[C@](OC)([C@@H](O)C(=O)N[C@H](OC)[C@@H]2C[C@@H](O)C(C)(C)[C@H](C[C@@H](COC)OC)O2)O[C@H](C)[C@@H]1C. The predicted octanol–water partition coefficient (Wildman–Crippen LogP) is 1.38. The van der Waals surface area contributed by atoms with Crippen LogP contribution in [0.5, 0.6) is 0 Å². The Balaban J connectivity index is 2.16. The van der Waals surface area contributed by atoms with Gasteiger partial charge in [-0.1, -0.05) is 32.9 Å². The fourth-order valence-corrected chi connectivity index (χ4v) is 4.77. The van der Waals surface area contributed by atoms with Gasteiger partial charge in [0.05, 0.1) is 31.0 Å². The maximum absolute atomic E-state index is 13.1. The van der Waals surface area contributed by atoms with Crippen LogP contribution in [0.3, 0.4) is 0 Å². The van der Waals surface area contributed by atoms with E-state index in [4.69, 9.17) is 28.4 Å². The number of nitrogens with one attached hydrogen (secondary N) is 1. The summed E-state index contributed by atoms with van der Waals surface area (Å²) in [6, 6.07) is 0. The molecule has 2 fully saturated rings. The normalized spacial score (nSPS) is 35.8. The molecule has 0 aliphatic carbocycles. The van der Waals surface area contributed by atoms with Crippen LogP contribution in [-0.4, -0.2) is 99.8 Å². The Morgan fingerprint density at radius 1 is 1.23 bits per heavy atom. The molecule has 2 aliphatic heterocycles. The lowest BCUT2D eigenvalue weighted by Gasteiger charge is -2.48. The smallest absolute Gasteiger partial charge is 0.256 e. The molecule has 2 aliphatic rings. The summed E-state index contributed by atoms with van der Waals surface area (Å²) in [6.45, 7) is 12.1. The molecule has 1 amide bonds. The minimum Gasteiger partial charge on any atom is -0.392 e. The van der Waals surface area contributed by atoms with Crippen LogP contribution in [0.25, 0.3) is 0 Å². The summed E-state index contributed by atoms with van der Waals surface area (Å²) >= 11 is 0. The number of hydrogen-bond donors (Lipinski definition) is 3. The van der Waals surface area contributed by atoms with Crippen molar-refractivity contribution in [2.45, 2.75) is 95.6 Å². The molecule has 0 aromatic heterocycles. The highest BCUT2D eigenvalue weighted by Crippen LogP contribution is 2.41. The molecule has 2 rings (SSSR count). The molecular formula is C25H45NO9. The Morgan fingerprint density at radius 2 is 1.89 bits per heavy atom. The van der Waals surface area contributed by atoms with E-state index < -0.39 is 47.8 Å². The maximum Gasteiger partial charge on any atom is 0.256 e. The molecule has 0 aromatic carbocycles. The lowest BCUT2D eigenvalue weighted by Crippen LogP contribution is -2.62. The fraction of sp³-hybridized carbons (Fsp3) is 0.880. The molecule has 10 nitrogen and oxygen atoms in total. The first-order valence-electron chi connectivity index (χ1n) is 12.1. The zero-order valence-corrected chi connectivity index (χ0v) is 22.4. The van der Waals surface area contributed by atoms with Crippen molar-refractivity contribution in [1.82, 2.24) is 5.32 Å². The first-order valence-corrected chi connectivity index (χ1v) is 12.1. The average molecular weight is 504 g/mol. The van der Waals surface area contributed by atoms with E-state index >= 15 is 0 Å². The molecule has 35 heavy (non-hydrogen) atoms. The van der Waals surface area contributed by atoms with E-state index in [0.717, 1.165) is 5.57 Å². The minimum absolute atomic E-state index is 0.0618. The van der Waals surface area contributed by atoms with E-state index in [9.17, 15) is 15.0 Å². The number of carbonyl (C=O) groups excluding carboxylic acids is 1. The van der Waals surface area contributed by atoms with Gasteiger partial charge in [0.25, 0.3) is 5.91 Å². The molecule has 0 bridgehead atoms. The third-order valence-corrected chi connectivity index (χ3v) is 7.74. The van der Waals surface area contributed by atoms with Crippen molar-refractivity contribution in [2.24, 2.45) is 11.3 Å². The first-order chi connectivity index (χ1) is 16.4. The van der Waals surface area contributed by atoms with Gasteiger partial charge >= 0.3 is 0 Å². The van der Waals surface area contributed by atoms with Crippen LogP contribution in [0.2, 0.25) is 0 Å². The molecule has 0 unspecified atom stereocenters. The number of carbonyl (C=O) groups is 1. The number of methoxy groups -OCH3 is 4. The van der Waals surface area contributed by atoms with E-state index in [1.807, 2.05) is 27.7 Å². The third kappa shape index (κ3) is 6.61. The molecule has 2 heterocycles. The van der Waals surface area contributed by atoms with Gasteiger partial charge in [-0.05, 0) is 6.92 Å². The van der Waals surface area contributed by atoms with Gasteiger partial charge in [0.1, 0.15) is 6.10 Å². The van der Waals surface area contributed by atoms with Gasteiger partial charge < -0.3 is 44.0 Å². The van der Waals surface area contributed by atoms with Gasteiger partial charge in [0, 0.05) is 59.0 Å². The van der Waals surface area contributed by atoms with E-state index in [2.05, 4.69) is 11.9 Å². The highest BCUT2D eigenvalue weighted by atomic mass is 16.7. The number of hydrogen-bond acceptors (Lipinski definition) is 9. The number of ether oxygens (including phenoxy) is 6. The van der Waals surface area contributed by atoms with Crippen LogP contribution in [0.4, 0.5) is 0 Å². The Bertz CT molecular complexity index is 717. The summed E-state index contributed by atoms with van der Waals surface area (Å²) in [4.78, 5) is 13.1. The summed E-state index contributed by atoms with van der Waals surface area (Å²) in [5.41, 5.74) is 0.264. The molecule has 0 saturated carbocycles. The van der Waals surface area contributed by atoms with E-state index in [-0.39, 0.29) is 31.0 Å². The molecule has 204 valence electrons. The highest BCUT2D eigenvalue weighted by Gasteiger charge is 2.51. The Labute approximate surface area is 209 Å². The number of amides is 1. The molecule has 0 spiro atoms. The van der Waals surface area contributed by atoms with Crippen molar-refractivity contribution in [3.8, 4) is 0 Å². The van der Waals surface area contributed by atoms with E-state index in [1.54, 1.807) is 14.2 Å². The van der Waals surface area contributed by atoms with Crippen molar-refractivity contribution >= 4 is 5.91 Å². The minimum atomic E-state index is -1.64. The first kappa shape index (κ1) is 30.1. The number of aliphatic hydroxyl groups excluding tert-OH is 2. The van der Waals surface area contributed by atoms with Gasteiger partial charge in [-0.15, -0.1) is 0 Å². The predicted molar refractivity (Wildman–Crippen MR) is 129 cm³/mol. The Kier molecular flexibility index (Phi) is 10.7. The van der Waals surface area contributed by atoms with Crippen LogP contribution in [-0.2, 0) is 33.2 Å². The lowest BCUT2D eigenvalue weighted by atomic mass is 9.74. The number of rotatable bonds is 11. The molecular weight excluding hydrogens is 458 g/mol. The summed E-state index contributed by atoms with van der Waals surface area (Å²) in [5, 5.41) is 24.6. The summed E-state index contributed by atoms with van der Waals surface area (Å²) in [7, 11) is 6.01. The van der Waals surface area contributed by atoms with Crippen molar-refractivity contribution in [3.63, 3.8) is 0 Å². The van der Waals surface area contributed by atoms with Gasteiger partial charge in [-0.2, -0.15) is 0 Å². The molecule has 2 saturated heterocycles. The Morgan fingerprint density at radius 3 is 2.40 bits per heavy atom. The van der Waals surface area contributed by atoms with Gasteiger partial charge in [-0.25, -0.2) is 0 Å². The number of aliphatic hydroxyl groups is 2. The molecule has 0 radical (unpaired) electrons. The Hall–Kier alpha value is -1.11. The molecule has 3 N–H and O–H groups in total. The molecule has 10 heteroatoms. The zero-order valence-electron chi connectivity index (χ0n) is 22.4. The van der Waals surface area contributed by atoms with Crippen molar-refractivity contribution in [3.05, 3.63) is 12.2 Å². The summed E-state index contributed by atoms with van der Waals surface area (Å²) in [5.74, 6) is -2.23. The largest absolute Gasteiger partial charge is 0.392 e. The second kappa shape index (κ2) is 12.4. The zero-order chi connectivity index (χ0) is 26.6. The van der Waals surface area contributed by atoms with E-state index in [1.165, 1.54) is 14.2 Å². The quantitative estimate of drug-likeness (QED) is 0.283. The van der Waals surface area contributed by atoms with Crippen LogP contribution in [0.1, 0.15) is 47.0 Å². The van der Waals surface area contributed by atoms with Crippen LogP contribution in [0.15, 0.2) is 12.2 Å². The van der Waals surface area contributed by atoms with Gasteiger partial charge in [-0.3, -0.25) is 4.79 Å². The maximum atomic E-state index is 13.1. The summed E-state index contributed by atoms with van der Waals surface area (Å²) in [6.07, 6.45) is -3.97. The van der Waals surface area contributed by atoms with Crippen molar-refractivity contribution < 1.29 is 43.4 Å². The van der Waals surface area contributed by atoms with E-state index in [0.29, 0.717) is 13.0 Å². The highest BCUT2D eigenvalue weighted by molar-refractivity contribution is 5.82. The molecule has 9 atom stereocenters. The second-order valence-corrected chi connectivity index (χ2v) is 10.3. The third-order valence-electron chi connectivity index (χ3n) is 7.74. The van der Waals surface area contributed by atoms with Crippen LogP contribution < -0.4 is 5.32 Å². The van der Waals surface area contributed by atoms with Crippen molar-refractivity contribution in [2.75, 3.05) is 35.0 Å². The van der Waals surface area contributed by atoms with Gasteiger partial charge in [0.15, 0.2) is 12.3 Å². The monoisotopic (exact) mass is 503 g/mol. The summed E-state index contributed by atoms with van der Waals surface area (Å²) < 4.78 is 34.1. The average Bonchev–Trinajstić information content (AvgIpc) is 2.82. The topological polar surface area (TPSA) is 125 Å². The lowest BCUT2D eigenvalue weighted by molar-refractivity contribution is -0.298. The van der Waals surface area contributed by atoms with Crippen molar-refractivity contribution in [1.29, 1.82) is 0 Å². The van der Waals surface area contributed by atoms with Crippen LogP contribution in [0, 0.1) is 11.3 Å². The standard InChI is InChI=1S/C25H45NO9/c1-14-12-25(33-9,35-16(3)15(14)2)21(28)22(29)26-23(32-8)18-11-19(27)24(4,5)20(34-18)10-17(31-7)13-30-6/h15-21,23,27-28H,1,10-13H2,2-9H3,(H,26,29)/t15-,16-,17+,18+,19-,20+,21+,23-,25-/m1/s1.